The zero-order valence-electron chi connectivity index (χ0n) is 8.78. The molecule has 0 aliphatic heterocycles. The van der Waals surface area contributed by atoms with E-state index >= 15 is 0 Å². The van der Waals surface area contributed by atoms with Crippen molar-refractivity contribution < 1.29 is 20.0 Å². The van der Waals surface area contributed by atoms with Crippen LogP contribution in [0.3, 0.4) is 0 Å². The fraction of sp³-hybridized carbons (Fsp3) is 0.364. The molecule has 2 N–H and O–H groups in total. The van der Waals surface area contributed by atoms with Crippen LogP contribution in [0.1, 0.15) is 35.3 Å². The largest absolute Gasteiger partial charge is 0.508 e. The molecule has 0 saturated carbocycles. The van der Waals surface area contributed by atoms with Gasteiger partial charge in [-0.15, -0.1) is 0 Å². The van der Waals surface area contributed by atoms with Crippen LogP contribution in [0.5, 0.6) is 5.75 Å². The topological polar surface area (TPSA) is 66.8 Å². The number of phenols is 1. The van der Waals surface area contributed by atoms with Gasteiger partial charge in [-0.1, -0.05) is 13.8 Å². The van der Waals surface area contributed by atoms with Gasteiger partial charge in [0.1, 0.15) is 5.75 Å². The number of aromatic hydroxyl groups is 1. The van der Waals surface area contributed by atoms with Gasteiger partial charge in [0.05, 0.1) is 5.56 Å². The molecule has 0 spiro atoms. The second-order valence-electron chi connectivity index (χ2n) is 3.18. The minimum atomic E-state index is -0.790. The summed E-state index contributed by atoms with van der Waals surface area (Å²) in [6, 6.07) is 2.89. The summed E-state index contributed by atoms with van der Waals surface area (Å²) in [4.78, 5) is 14.9. The molecule has 0 aliphatic carbocycles. The van der Waals surface area contributed by atoms with E-state index in [9.17, 15) is 9.90 Å². The van der Waals surface area contributed by atoms with Crippen molar-refractivity contribution in [1.82, 2.24) is 0 Å². The first-order valence-electron chi connectivity index (χ1n) is 4.85. The number of benzene rings is 1. The Bertz CT molecular complexity index is 371. The van der Waals surface area contributed by atoms with Crippen LogP contribution in [-0.2, 0) is 17.7 Å². The summed E-state index contributed by atoms with van der Waals surface area (Å²) in [7, 11) is 0. The number of hydrogen-bond donors (Lipinski definition) is 2. The Kier molecular flexibility index (Phi) is 3.68. The quantitative estimate of drug-likeness (QED) is 0.592. The Labute approximate surface area is 88.0 Å². The number of carbonyl (C=O) groups is 1. The molecule has 1 rings (SSSR count). The fourth-order valence-corrected chi connectivity index (χ4v) is 1.72. The molecule has 0 bridgehead atoms. The van der Waals surface area contributed by atoms with Crippen LogP contribution >= 0.6 is 0 Å². The van der Waals surface area contributed by atoms with Crippen molar-refractivity contribution in [2.24, 2.45) is 0 Å². The molecule has 0 amide bonds. The first-order valence-corrected chi connectivity index (χ1v) is 4.85. The van der Waals surface area contributed by atoms with Gasteiger partial charge >= 0.3 is 5.97 Å². The number of rotatable bonds is 3. The average molecular weight is 210 g/mol. The highest BCUT2D eigenvalue weighted by Crippen LogP contribution is 2.26. The monoisotopic (exact) mass is 210 g/mol. The van der Waals surface area contributed by atoms with Crippen LogP contribution in [0.25, 0.3) is 0 Å². The highest BCUT2D eigenvalue weighted by atomic mass is 17.1. The summed E-state index contributed by atoms with van der Waals surface area (Å²) in [5.41, 5.74) is 1.74. The lowest BCUT2D eigenvalue weighted by Crippen LogP contribution is -2.08. The van der Waals surface area contributed by atoms with Gasteiger partial charge < -0.3 is 5.11 Å². The lowest BCUT2D eigenvalue weighted by atomic mass is 9.96. The van der Waals surface area contributed by atoms with Gasteiger partial charge in [0.25, 0.3) is 0 Å². The van der Waals surface area contributed by atoms with Crippen LogP contribution in [-0.4, -0.2) is 16.3 Å². The van der Waals surface area contributed by atoms with Crippen molar-refractivity contribution in [2.75, 3.05) is 0 Å². The zero-order chi connectivity index (χ0) is 11.4. The van der Waals surface area contributed by atoms with E-state index in [-0.39, 0.29) is 5.75 Å². The van der Waals surface area contributed by atoms with E-state index in [4.69, 9.17) is 5.26 Å². The lowest BCUT2D eigenvalue weighted by molar-refractivity contribution is -0.182. The Morgan fingerprint density at radius 3 is 2.33 bits per heavy atom. The maximum Gasteiger partial charge on any atom is 0.373 e. The summed E-state index contributed by atoms with van der Waals surface area (Å²) < 4.78 is 0. The molecule has 1 aromatic rings. The molecule has 0 aliphatic rings. The molecule has 82 valence electrons. The first kappa shape index (κ1) is 11.5. The van der Waals surface area contributed by atoms with Crippen molar-refractivity contribution in [3.05, 3.63) is 28.8 Å². The average Bonchev–Trinajstić information content (AvgIpc) is 2.27. The molecule has 0 atom stereocenters. The Hall–Kier alpha value is -1.55. The standard InChI is InChI=1S/C11H14O4/c1-3-7-8(4-2)10(12)6-5-9(7)11(13)15-14/h5-6,12,14H,3-4H2,1-2H3. The molecule has 0 unspecified atom stereocenters. The Morgan fingerprint density at radius 1 is 1.27 bits per heavy atom. The molecule has 0 aromatic heterocycles. The lowest BCUT2D eigenvalue weighted by Gasteiger charge is -2.11. The van der Waals surface area contributed by atoms with E-state index in [1.54, 1.807) is 0 Å². The van der Waals surface area contributed by atoms with Crippen LogP contribution in [0.15, 0.2) is 12.1 Å². The van der Waals surface area contributed by atoms with E-state index in [0.29, 0.717) is 18.4 Å². The first-order chi connectivity index (χ1) is 7.15. The van der Waals surface area contributed by atoms with Crippen molar-refractivity contribution in [2.45, 2.75) is 26.7 Å². The van der Waals surface area contributed by atoms with Crippen molar-refractivity contribution >= 4 is 5.97 Å². The smallest absolute Gasteiger partial charge is 0.373 e. The van der Waals surface area contributed by atoms with Gasteiger partial charge in [0, 0.05) is 0 Å². The van der Waals surface area contributed by atoms with Crippen LogP contribution in [0.4, 0.5) is 0 Å². The molecule has 4 heteroatoms. The molecule has 15 heavy (non-hydrogen) atoms. The van der Waals surface area contributed by atoms with Gasteiger partial charge in [-0.25, -0.2) is 4.79 Å². The van der Waals surface area contributed by atoms with E-state index in [1.807, 2.05) is 13.8 Å². The third kappa shape index (κ3) is 2.10. The predicted octanol–water partition coefficient (Wildman–Crippen LogP) is 2.15. The number of hydrogen-bond acceptors (Lipinski definition) is 4. The zero-order valence-corrected chi connectivity index (χ0v) is 8.78. The molecule has 0 radical (unpaired) electrons. The highest BCUT2D eigenvalue weighted by molar-refractivity contribution is 5.91. The number of phenolic OH excluding ortho intramolecular Hbond substituents is 1. The summed E-state index contributed by atoms with van der Waals surface area (Å²) >= 11 is 0. The molecule has 0 heterocycles. The van der Waals surface area contributed by atoms with Crippen LogP contribution in [0.2, 0.25) is 0 Å². The van der Waals surface area contributed by atoms with Crippen LogP contribution in [0, 0.1) is 0 Å². The van der Waals surface area contributed by atoms with Crippen LogP contribution < -0.4 is 0 Å². The minimum Gasteiger partial charge on any atom is -0.508 e. The van der Waals surface area contributed by atoms with Gasteiger partial charge in [0.15, 0.2) is 0 Å². The summed E-state index contributed by atoms with van der Waals surface area (Å²) in [6.45, 7) is 3.77. The normalized spacial score (nSPS) is 10.1. The third-order valence-corrected chi connectivity index (χ3v) is 2.42. The molecular weight excluding hydrogens is 196 g/mol. The maximum atomic E-state index is 11.2. The number of carbonyl (C=O) groups excluding carboxylic acids is 1. The minimum absolute atomic E-state index is 0.170. The second kappa shape index (κ2) is 4.79. The second-order valence-corrected chi connectivity index (χ2v) is 3.18. The van der Waals surface area contributed by atoms with E-state index < -0.39 is 5.97 Å². The summed E-state index contributed by atoms with van der Waals surface area (Å²) in [5, 5.41) is 17.9. The molecule has 4 nitrogen and oxygen atoms in total. The van der Waals surface area contributed by atoms with E-state index in [2.05, 4.69) is 4.89 Å². The molecular formula is C11H14O4. The van der Waals surface area contributed by atoms with Crippen molar-refractivity contribution in [3.8, 4) is 5.75 Å². The maximum absolute atomic E-state index is 11.2. The summed E-state index contributed by atoms with van der Waals surface area (Å²) in [6.07, 6.45) is 1.23. The van der Waals surface area contributed by atoms with Crippen molar-refractivity contribution in [3.63, 3.8) is 0 Å². The van der Waals surface area contributed by atoms with E-state index in [1.165, 1.54) is 12.1 Å². The van der Waals surface area contributed by atoms with Gasteiger partial charge in [-0.2, -0.15) is 5.26 Å². The Morgan fingerprint density at radius 2 is 1.87 bits per heavy atom. The van der Waals surface area contributed by atoms with Gasteiger partial charge in [-0.3, -0.25) is 4.89 Å². The fourth-order valence-electron chi connectivity index (χ4n) is 1.72. The molecule has 0 saturated heterocycles. The SMILES string of the molecule is CCc1c(O)ccc(C(=O)OO)c1CC. The predicted molar refractivity (Wildman–Crippen MR) is 54.9 cm³/mol. The molecule has 1 aromatic carbocycles. The van der Waals surface area contributed by atoms with Gasteiger partial charge in [-0.05, 0) is 36.1 Å². The van der Waals surface area contributed by atoms with E-state index in [0.717, 1.165) is 11.1 Å². The molecule has 0 fully saturated rings. The summed E-state index contributed by atoms with van der Waals surface area (Å²) in [5.74, 6) is -0.620. The third-order valence-electron chi connectivity index (χ3n) is 2.42. The highest BCUT2D eigenvalue weighted by Gasteiger charge is 2.16. The van der Waals surface area contributed by atoms with Gasteiger partial charge in [0.2, 0.25) is 0 Å². The van der Waals surface area contributed by atoms with Crippen molar-refractivity contribution in [1.29, 1.82) is 0 Å². The Balaban J connectivity index is 3.35.